The molecule has 0 atom stereocenters. The van der Waals surface area contributed by atoms with Crippen LogP contribution in [0.1, 0.15) is 12.5 Å². The average Bonchev–Trinajstić information content (AvgIpc) is 2.46. The summed E-state index contributed by atoms with van der Waals surface area (Å²) in [6.45, 7) is 2.32. The van der Waals surface area contributed by atoms with E-state index in [0.717, 1.165) is 12.1 Å². The van der Waals surface area contributed by atoms with Crippen LogP contribution in [-0.2, 0) is 6.18 Å². The molecule has 0 aliphatic heterocycles. The molecule has 0 fully saturated rings. The lowest BCUT2D eigenvalue weighted by molar-refractivity contribution is -0.882. The quantitative estimate of drug-likeness (QED) is 0.452. The van der Waals surface area contributed by atoms with Gasteiger partial charge in [-0.1, -0.05) is 0 Å². The molecular formula is C14H13BF7NO. The summed E-state index contributed by atoms with van der Waals surface area (Å²) in [6.07, 6.45) is -2.60. The molecule has 0 saturated heterocycles. The predicted octanol–water partition coefficient (Wildman–Crippen LogP) is 4.41. The first-order valence-electron chi connectivity index (χ1n) is 6.71. The zero-order valence-corrected chi connectivity index (χ0v) is 12.4. The van der Waals surface area contributed by atoms with E-state index in [4.69, 9.17) is 4.84 Å². The molecule has 1 heterocycles. The molecule has 0 spiro atoms. The number of hydrogen-bond donors (Lipinski definition) is 0. The van der Waals surface area contributed by atoms with Crippen molar-refractivity contribution in [2.45, 2.75) is 13.1 Å². The smallest absolute Gasteiger partial charge is 0.418 e. The fourth-order valence-electron chi connectivity index (χ4n) is 1.73. The lowest BCUT2D eigenvalue weighted by atomic mass is 10.1. The molecule has 0 N–H and O–H groups in total. The molecule has 0 aliphatic rings. The van der Waals surface area contributed by atoms with Crippen LogP contribution >= 0.6 is 0 Å². The summed E-state index contributed by atoms with van der Waals surface area (Å²) in [4.78, 5) is 5.38. The third kappa shape index (κ3) is 6.88. The maximum atomic E-state index is 12.5. The molecule has 2 rings (SSSR count). The summed E-state index contributed by atoms with van der Waals surface area (Å²) in [5.41, 5.74) is 0.718. The molecule has 0 bridgehead atoms. The average molecular weight is 355 g/mol. The van der Waals surface area contributed by atoms with E-state index < -0.39 is 19.0 Å². The second-order valence-corrected chi connectivity index (χ2v) is 4.40. The molecule has 2 aromatic rings. The molecule has 2 nitrogen and oxygen atoms in total. The maximum absolute atomic E-state index is 12.5. The molecule has 0 saturated carbocycles. The van der Waals surface area contributed by atoms with E-state index >= 15 is 0 Å². The van der Waals surface area contributed by atoms with Gasteiger partial charge in [0.2, 0.25) is 6.20 Å². The summed E-state index contributed by atoms with van der Waals surface area (Å²) >= 11 is 0. The van der Waals surface area contributed by atoms with Crippen LogP contribution in [-0.4, -0.2) is 13.9 Å². The van der Waals surface area contributed by atoms with Gasteiger partial charge in [0.25, 0.3) is 5.69 Å². The first-order valence-corrected chi connectivity index (χ1v) is 6.71. The Labute approximate surface area is 133 Å². The molecule has 0 amide bonds. The third-order valence-electron chi connectivity index (χ3n) is 2.60. The van der Waals surface area contributed by atoms with Crippen LogP contribution in [0, 0.1) is 0 Å². The van der Waals surface area contributed by atoms with Gasteiger partial charge < -0.3 is 17.3 Å². The van der Waals surface area contributed by atoms with Crippen molar-refractivity contribution in [2.75, 3.05) is 6.61 Å². The van der Waals surface area contributed by atoms with E-state index in [0.29, 0.717) is 17.9 Å². The van der Waals surface area contributed by atoms with Crippen LogP contribution in [0.15, 0.2) is 48.7 Å². The Bertz CT molecular complexity index is 635. The number of rotatable bonds is 3. The van der Waals surface area contributed by atoms with E-state index in [2.05, 4.69) is 0 Å². The highest BCUT2D eigenvalue weighted by atomic mass is 19.5. The van der Waals surface area contributed by atoms with E-state index in [-0.39, 0.29) is 0 Å². The molecule has 0 unspecified atom stereocenters. The number of alkyl halides is 3. The number of pyridine rings is 1. The molecule has 24 heavy (non-hydrogen) atoms. The van der Waals surface area contributed by atoms with E-state index in [9.17, 15) is 30.4 Å². The lowest BCUT2D eigenvalue weighted by Gasteiger charge is -2.07. The van der Waals surface area contributed by atoms with Crippen molar-refractivity contribution < 1.29 is 40.0 Å². The van der Waals surface area contributed by atoms with Gasteiger partial charge in [-0.3, -0.25) is 4.84 Å². The van der Waals surface area contributed by atoms with Crippen molar-refractivity contribution in [1.29, 1.82) is 0 Å². The topological polar surface area (TPSA) is 13.1 Å². The standard InChI is InChI=1S/C14H13F3NO.BF4/c1-2-19-18-10-4-3-5-13(18)11-6-8-12(9-7-11)14(15,16)17;2-1(3,4)5/h3-10H,2H2,1H3;/q+1;-1. The van der Waals surface area contributed by atoms with Gasteiger partial charge in [0.15, 0.2) is 6.61 Å². The zero-order chi connectivity index (χ0) is 18.4. The minimum Gasteiger partial charge on any atom is -0.418 e. The van der Waals surface area contributed by atoms with Gasteiger partial charge in [-0.2, -0.15) is 13.2 Å². The van der Waals surface area contributed by atoms with Crippen molar-refractivity contribution in [2.24, 2.45) is 0 Å². The van der Waals surface area contributed by atoms with E-state index in [1.54, 1.807) is 23.1 Å². The Morgan fingerprint density at radius 3 is 1.96 bits per heavy atom. The molecule has 0 radical (unpaired) electrons. The highest BCUT2D eigenvalue weighted by Crippen LogP contribution is 2.30. The van der Waals surface area contributed by atoms with E-state index in [1.807, 2.05) is 13.0 Å². The van der Waals surface area contributed by atoms with Crippen molar-refractivity contribution >= 4 is 7.25 Å². The number of nitrogens with zero attached hydrogens (tertiary/aromatic N) is 1. The van der Waals surface area contributed by atoms with Gasteiger partial charge in [0.1, 0.15) is 0 Å². The van der Waals surface area contributed by atoms with Crippen LogP contribution in [0.2, 0.25) is 0 Å². The Hall–Kier alpha value is -2.26. The Kier molecular flexibility index (Phi) is 6.62. The fraction of sp³-hybridized carbons (Fsp3) is 0.214. The van der Waals surface area contributed by atoms with Crippen molar-refractivity contribution in [3.05, 3.63) is 54.2 Å². The third-order valence-corrected chi connectivity index (χ3v) is 2.60. The highest BCUT2D eigenvalue weighted by Gasteiger charge is 2.30. The SMILES string of the molecule is CCO[n+]1ccccc1-c1ccc(C(F)(F)F)cc1.F[B-](F)(F)F. The van der Waals surface area contributed by atoms with Crippen LogP contribution < -0.4 is 9.57 Å². The number of hydrogen-bond acceptors (Lipinski definition) is 1. The van der Waals surface area contributed by atoms with Crippen LogP contribution in [0.5, 0.6) is 0 Å². The van der Waals surface area contributed by atoms with Gasteiger partial charge in [-0.15, -0.1) is 0 Å². The van der Waals surface area contributed by atoms with Gasteiger partial charge in [-0.05, 0) is 37.3 Å². The van der Waals surface area contributed by atoms with Gasteiger partial charge in [0.05, 0.1) is 11.1 Å². The summed E-state index contributed by atoms with van der Waals surface area (Å²) in [7, 11) is -6.00. The zero-order valence-electron chi connectivity index (χ0n) is 12.4. The second kappa shape index (κ2) is 8.03. The maximum Gasteiger partial charge on any atom is 0.673 e. The Balaban J connectivity index is 0.000000505. The molecule has 1 aromatic heterocycles. The molecule has 132 valence electrons. The van der Waals surface area contributed by atoms with Gasteiger partial charge in [0, 0.05) is 16.9 Å². The number of aromatic nitrogens is 1. The van der Waals surface area contributed by atoms with Crippen molar-refractivity contribution in [1.82, 2.24) is 0 Å². The minimum absolute atomic E-state index is 0.475. The number of halogens is 7. The fourth-order valence-corrected chi connectivity index (χ4v) is 1.73. The summed E-state index contributed by atoms with van der Waals surface area (Å²) < 4.78 is 78.0. The summed E-state index contributed by atoms with van der Waals surface area (Å²) in [5, 5.41) is 0. The molecule has 10 heteroatoms. The van der Waals surface area contributed by atoms with Crippen LogP contribution in [0.25, 0.3) is 11.3 Å². The molecular weight excluding hydrogens is 342 g/mol. The first-order chi connectivity index (χ1) is 11.0. The van der Waals surface area contributed by atoms with Crippen molar-refractivity contribution in [3.63, 3.8) is 0 Å². The predicted molar refractivity (Wildman–Crippen MR) is 74.4 cm³/mol. The summed E-state index contributed by atoms with van der Waals surface area (Å²) in [5.74, 6) is 0. The minimum atomic E-state index is -6.00. The molecule has 1 aromatic carbocycles. The summed E-state index contributed by atoms with van der Waals surface area (Å²) in [6, 6.07) is 10.4. The van der Waals surface area contributed by atoms with Crippen LogP contribution in [0.3, 0.4) is 0 Å². The number of benzene rings is 1. The Morgan fingerprint density at radius 2 is 1.50 bits per heavy atom. The molecule has 0 aliphatic carbocycles. The van der Waals surface area contributed by atoms with Gasteiger partial charge >= 0.3 is 13.4 Å². The Morgan fingerprint density at radius 1 is 0.958 bits per heavy atom. The largest absolute Gasteiger partial charge is 0.673 e. The van der Waals surface area contributed by atoms with E-state index in [1.165, 1.54) is 12.1 Å². The highest BCUT2D eigenvalue weighted by molar-refractivity contribution is 6.50. The van der Waals surface area contributed by atoms with Crippen molar-refractivity contribution in [3.8, 4) is 11.3 Å². The van der Waals surface area contributed by atoms with Crippen LogP contribution in [0.4, 0.5) is 30.4 Å². The first kappa shape index (κ1) is 19.8. The second-order valence-electron chi connectivity index (χ2n) is 4.40. The lowest BCUT2D eigenvalue weighted by Crippen LogP contribution is -2.44. The van der Waals surface area contributed by atoms with Gasteiger partial charge in [-0.25, -0.2) is 0 Å². The normalized spacial score (nSPS) is 11.5. The monoisotopic (exact) mass is 355 g/mol.